The molecule has 5 aromatic rings. The Morgan fingerprint density at radius 1 is 1.20 bits per heavy atom. The third kappa shape index (κ3) is 6.29. The van der Waals surface area contributed by atoms with Gasteiger partial charge in [0.05, 0.1) is 40.8 Å². The van der Waals surface area contributed by atoms with Crippen LogP contribution in [-0.4, -0.2) is 63.2 Å². The highest BCUT2D eigenvalue weighted by molar-refractivity contribution is 7.17. The fraction of sp³-hybridized carbons (Fsp3) is 0.257. The Labute approximate surface area is 271 Å². The van der Waals surface area contributed by atoms with Crippen LogP contribution in [0, 0.1) is 5.82 Å². The maximum absolute atomic E-state index is 15.9. The van der Waals surface area contributed by atoms with Crippen LogP contribution in [0.4, 0.5) is 10.1 Å². The highest BCUT2D eigenvalue weighted by Crippen LogP contribution is 2.46. The monoisotopic (exact) mass is 640 g/mol. The molecule has 4 heterocycles. The molecule has 3 aromatic heterocycles. The molecule has 1 amide bonds. The summed E-state index contributed by atoms with van der Waals surface area (Å²) < 4.78 is 24.5. The summed E-state index contributed by atoms with van der Waals surface area (Å²) in [4.78, 5) is 23.3. The number of thiophene rings is 1. The zero-order chi connectivity index (χ0) is 33.0. The third-order valence-electron chi connectivity index (χ3n) is 7.47. The van der Waals surface area contributed by atoms with Gasteiger partial charge in [0.15, 0.2) is 0 Å². The number of aliphatic hydroxyl groups is 1. The number of fused-ring (bicyclic) bond motifs is 2. The highest BCUT2D eigenvalue weighted by Gasteiger charge is 2.28. The van der Waals surface area contributed by atoms with Crippen LogP contribution in [-0.2, 0) is 17.9 Å². The minimum atomic E-state index is -0.750. The molecule has 11 heteroatoms. The number of hydrogen-bond donors (Lipinski definition) is 2. The number of nitrogens with two attached hydrogens (primary N) is 1. The molecular formula is C35H37FN6O3S. The number of hydrogen-bond acceptors (Lipinski definition) is 8. The first-order chi connectivity index (χ1) is 22.3. The van der Waals surface area contributed by atoms with Crippen molar-refractivity contribution in [2.75, 3.05) is 25.9 Å². The van der Waals surface area contributed by atoms with Crippen molar-refractivity contribution in [2.24, 2.45) is 4.99 Å². The van der Waals surface area contributed by atoms with E-state index in [2.05, 4.69) is 11.6 Å². The summed E-state index contributed by atoms with van der Waals surface area (Å²) in [7, 11) is 1.69. The number of aromatic nitrogens is 3. The average Bonchev–Trinajstić information content (AvgIpc) is 3.72. The van der Waals surface area contributed by atoms with Gasteiger partial charge < -0.3 is 20.5 Å². The van der Waals surface area contributed by atoms with Gasteiger partial charge in [0.2, 0.25) is 5.91 Å². The second-order valence-corrected chi connectivity index (χ2v) is 11.5. The molecular weight excluding hydrogens is 603 g/mol. The van der Waals surface area contributed by atoms with Crippen molar-refractivity contribution in [1.82, 2.24) is 19.7 Å². The molecule has 0 bridgehead atoms. The molecule has 0 saturated heterocycles. The zero-order valence-electron chi connectivity index (χ0n) is 26.3. The molecule has 0 aliphatic carbocycles. The van der Waals surface area contributed by atoms with Gasteiger partial charge in [0.1, 0.15) is 29.6 Å². The van der Waals surface area contributed by atoms with Crippen LogP contribution >= 0.6 is 11.3 Å². The maximum Gasteiger partial charge on any atom is 0.246 e. The summed E-state index contributed by atoms with van der Waals surface area (Å²) in [6, 6.07) is 14.2. The van der Waals surface area contributed by atoms with E-state index in [0.29, 0.717) is 48.0 Å². The number of anilines is 1. The van der Waals surface area contributed by atoms with Gasteiger partial charge in [-0.2, -0.15) is 5.10 Å². The van der Waals surface area contributed by atoms with E-state index < -0.39 is 11.9 Å². The van der Waals surface area contributed by atoms with E-state index >= 15 is 4.39 Å². The van der Waals surface area contributed by atoms with E-state index in [4.69, 9.17) is 20.6 Å². The molecule has 1 unspecified atom stereocenters. The quantitative estimate of drug-likeness (QED) is 0.112. The number of aliphatic imine (C=N–C) groups is 1. The number of benzene rings is 2. The van der Waals surface area contributed by atoms with Crippen LogP contribution in [0.2, 0.25) is 0 Å². The minimum Gasteiger partial charge on any atom is -0.490 e. The van der Waals surface area contributed by atoms with Crippen LogP contribution < -0.4 is 10.5 Å². The first-order valence-corrected chi connectivity index (χ1v) is 16.0. The van der Waals surface area contributed by atoms with Crippen LogP contribution in [0.5, 0.6) is 5.75 Å². The zero-order valence-corrected chi connectivity index (χ0v) is 27.1. The van der Waals surface area contributed by atoms with Crippen LogP contribution in [0.25, 0.3) is 43.9 Å². The molecule has 46 heavy (non-hydrogen) atoms. The lowest BCUT2D eigenvalue weighted by molar-refractivity contribution is -0.127. The molecule has 0 radical (unpaired) electrons. The number of nitrogen functional groups attached to an aromatic ring is 1. The molecule has 1 atom stereocenters. The molecule has 3 N–H and O–H groups in total. The van der Waals surface area contributed by atoms with Crippen LogP contribution in [0.3, 0.4) is 0 Å². The number of ether oxygens (including phenoxy) is 1. The fourth-order valence-corrected chi connectivity index (χ4v) is 6.34. The summed E-state index contributed by atoms with van der Waals surface area (Å²) in [5, 5.41) is 17.5. The number of rotatable bonds is 8. The van der Waals surface area contributed by atoms with Gasteiger partial charge in [0.25, 0.3) is 0 Å². The average molecular weight is 641 g/mol. The SMILES string of the molecule is C=CC(=O)N1CCn2nc(-c3nc(-c4ccc(C=NC)c(N)c4)c4sccc4c3-c3c(F)cccc3OCC(C)O)cc2C1.CC. The summed E-state index contributed by atoms with van der Waals surface area (Å²) >= 11 is 1.49. The lowest BCUT2D eigenvalue weighted by Gasteiger charge is -2.26. The molecule has 0 spiro atoms. The number of pyridine rings is 1. The first kappa shape index (κ1) is 32.5. The van der Waals surface area contributed by atoms with Crippen molar-refractivity contribution in [3.8, 4) is 39.5 Å². The summed E-state index contributed by atoms with van der Waals surface area (Å²) in [6.07, 6.45) is 2.25. The first-order valence-electron chi connectivity index (χ1n) is 15.1. The number of aliphatic hydroxyl groups excluding tert-OH is 1. The van der Waals surface area contributed by atoms with Crippen molar-refractivity contribution < 1.29 is 19.0 Å². The Bertz CT molecular complexity index is 1930. The van der Waals surface area contributed by atoms with Gasteiger partial charge in [-0.05, 0) is 48.7 Å². The largest absolute Gasteiger partial charge is 0.490 e. The van der Waals surface area contributed by atoms with Gasteiger partial charge in [-0.1, -0.05) is 38.6 Å². The van der Waals surface area contributed by atoms with E-state index in [-0.39, 0.29) is 23.8 Å². The van der Waals surface area contributed by atoms with Crippen LogP contribution in [0.1, 0.15) is 32.0 Å². The predicted molar refractivity (Wildman–Crippen MR) is 184 cm³/mol. The summed E-state index contributed by atoms with van der Waals surface area (Å²) in [6.45, 7) is 10.6. The highest BCUT2D eigenvalue weighted by atomic mass is 32.1. The second-order valence-electron chi connectivity index (χ2n) is 10.6. The van der Waals surface area contributed by atoms with E-state index in [0.717, 1.165) is 26.9 Å². The van der Waals surface area contributed by atoms with Crippen molar-refractivity contribution in [3.63, 3.8) is 0 Å². The molecule has 1 aliphatic heterocycles. The van der Waals surface area contributed by atoms with Crippen molar-refractivity contribution in [3.05, 3.63) is 83.6 Å². The van der Waals surface area contributed by atoms with E-state index in [1.807, 2.05) is 54.2 Å². The Morgan fingerprint density at radius 3 is 2.72 bits per heavy atom. The van der Waals surface area contributed by atoms with Crippen molar-refractivity contribution in [1.29, 1.82) is 0 Å². The summed E-state index contributed by atoms with van der Waals surface area (Å²) in [5.41, 5.74) is 11.8. The molecule has 6 rings (SSSR count). The van der Waals surface area contributed by atoms with Gasteiger partial charge in [0, 0.05) is 47.6 Å². The number of nitrogens with zero attached hydrogens (tertiary/aromatic N) is 5. The topological polar surface area (TPSA) is 119 Å². The number of carbonyl (C=O) groups is 1. The van der Waals surface area contributed by atoms with Crippen molar-refractivity contribution in [2.45, 2.75) is 40.0 Å². The molecule has 238 valence electrons. The van der Waals surface area contributed by atoms with Crippen molar-refractivity contribution >= 4 is 39.2 Å². The van der Waals surface area contributed by atoms with Gasteiger partial charge in [-0.25, -0.2) is 9.37 Å². The Kier molecular flexibility index (Phi) is 9.93. The smallest absolute Gasteiger partial charge is 0.246 e. The van der Waals surface area contributed by atoms with Gasteiger partial charge in [-0.15, -0.1) is 11.3 Å². The predicted octanol–water partition coefficient (Wildman–Crippen LogP) is 6.58. The lowest BCUT2D eigenvalue weighted by Crippen LogP contribution is -2.37. The standard InChI is InChI=1S/C33H31FN6O3S.C2H6/c1-4-28(42)39-11-12-40-22(17-39)15-26(38-40)32-29(30-24(34)6-5-7-27(30)43-18-19(2)41)23-10-13-44-33(23)31(37-32)20-8-9-21(16-36-3)25(35)14-20;1-2/h4-10,13-16,19,41H,1,11-12,17-18,35H2,2-3H3;1-2H3. The minimum absolute atomic E-state index is 0.0112. The normalized spacial score (nSPS) is 13.3. The number of carbonyl (C=O) groups excluding carboxylic acids is 1. The molecule has 0 fully saturated rings. The van der Waals surface area contributed by atoms with Gasteiger partial charge in [-0.3, -0.25) is 14.5 Å². The molecule has 0 saturated carbocycles. The molecule has 2 aromatic carbocycles. The third-order valence-corrected chi connectivity index (χ3v) is 8.39. The van der Waals surface area contributed by atoms with Crippen LogP contribution in [0.15, 0.2) is 71.6 Å². The lowest BCUT2D eigenvalue weighted by atomic mass is 9.95. The van der Waals surface area contributed by atoms with E-state index in [1.165, 1.54) is 23.5 Å². The number of halogens is 1. The van der Waals surface area contributed by atoms with E-state index in [1.54, 1.807) is 37.2 Å². The molecule has 1 aliphatic rings. The Hall–Kier alpha value is -4.87. The van der Waals surface area contributed by atoms with E-state index in [9.17, 15) is 9.90 Å². The maximum atomic E-state index is 15.9. The molecule has 9 nitrogen and oxygen atoms in total. The summed E-state index contributed by atoms with van der Waals surface area (Å²) in [5.74, 6) is -0.357. The second kappa shape index (κ2) is 14.1. The Balaban J connectivity index is 0.00000204. The fourth-order valence-electron chi connectivity index (χ4n) is 5.43. The number of amides is 1. The Morgan fingerprint density at radius 2 is 2.00 bits per heavy atom. The van der Waals surface area contributed by atoms with Gasteiger partial charge >= 0.3 is 0 Å².